The molecule has 0 saturated carbocycles. The van der Waals surface area contributed by atoms with Crippen molar-refractivity contribution in [2.24, 2.45) is 0 Å². The third kappa shape index (κ3) is 3.53. The van der Waals surface area contributed by atoms with Crippen molar-refractivity contribution in [2.45, 2.75) is 24.4 Å². The van der Waals surface area contributed by atoms with Gasteiger partial charge in [-0.1, -0.05) is 23.2 Å². The van der Waals surface area contributed by atoms with Crippen molar-refractivity contribution < 1.29 is 14.6 Å². The van der Waals surface area contributed by atoms with Crippen molar-refractivity contribution in [3.63, 3.8) is 0 Å². The van der Waals surface area contributed by atoms with E-state index in [1.165, 1.54) is 0 Å². The number of rotatable bonds is 3. The Bertz CT molecular complexity index is 697. The summed E-state index contributed by atoms with van der Waals surface area (Å²) in [5.74, 6) is 0.293. The molecule has 3 aliphatic rings. The lowest BCUT2D eigenvalue weighted by Crippen LogP contribution is -2.57. The van der Waals surface area contributed by atoms with Gasteiger partial charge in [0.05, 0.1) is 29.8 Å². The number of piperazine rings is 1. The predicted octanol–water partition coefficient (Wildman–Crippen LogP) is 1.69. The quantitative estimate of drug-likeness (QED) is 0.809. The monoisotopic (exact) mass is 399 g/mol. The Kier molecular flexibility index (Phi) is 5.30. The van der Waals surface area contributed by atoms with Crippen molar-refractivity contribution in [1.29, 1.82) is 0 Å². The number of aromatic hydroxyl groups is 1. The normalized spacial score (nSPS) is 29.8. The Balaban J connectivity index is 1.46. The van der Waals surface area contributed by atoms with Gasteiger partial charge in [-0.15, -0.1) is 0 Å². The van der Waals surface area contributed by atoms with Gasteiger partial charge < -0.3 is 20.1 Å². The largest absolute Gasteiger partial charge is 0.508 e. The number of morpholine rings is 1. The highest BCUT2D eigenvalue weighted by Gasteiger charge is 2.42. The van der Waals surface area contributed by atoms with Crippen LogP contribution < -0.4 is 5.32 Å². The van der Waals surface area contributed by atoms with E-state index in [0.29, 0.717) is 35.3 Å². The molecule has 3 aliphatic heterocycles. The zero-order valence-corrected chi connectivity index (χ0v) is 16.0. The summed E-state index contributed by atoms with van der Waals surface area (Å²) < 4.78 is 5.51. The SMILES string of the molecule is O=C1CN(C[C@H]2COCCN2)C[C@@H]2C[C@H](c3c(O)ccc(Cl)c3Cl)CN12. The Morgan fingerprint density at radius 1 is 1.31 bits per heavy atom. The van der Waals surface area contributed by atoms with Gasteiger partial charge >= 0.3 is 0 Å². The molecule has 1 aromatic carbocycles. The van der Waals surface area contributed by atoms with Gasteiger partial charge in [0, 0.05) is 49.7 Å². The van der Waals surface area contributed by atoms with Crippen LogP contribution in [0.25, 0.3) is 0 Å². The lowest BCUT2D eigenvalue weighted by molar-refractivity contribution is -0.138. The van der Waals surface area contributed by atoms with Gasteiger partial charge in [-0.3, -0.25) is 9.69 Å². The third-order valence-electron chi connectivity index (χ3n) is 5.56. The molecule has 3 saturated heterocycles. The van der Waals surface area contributed by atoms with E-state index < -0.39 is 0 Å². The van der Waals surface area contributed by atoms with E-state index in [1.807, 2.05) is 4.90 Å². The summed E-state index contributed by atoms with van der Waals surface area (Å²) in [5.41, 5.74) is 0.662. The van der Waals surface area contributed by atoms with Gasteiger partial charge in [-0.05, 0) is 18.6 Å². The maximum Gasteiger partial charge on any atom is 0.237 e. The molecule has 142 valence electrons. The smallest absolute Gasteiger partial charge is 0.237 e. The van der Waals surface area contributed by atoms with Gasteiger partial charge in [0.1, 0.15) is 5.75 Å². The van der Waals surface area contributed by atoms with E-state index in [0.717, 1.165) is 32.7 Å². The van der Waals surface area contributed by atoms with Crippen LogP contribution in [0.15, 0.2) is 12.1 Å². The number of hydrogen-bond acceptors (Lipinski definition) is 5. The lowest BCUT2D eigenvalue weighted by Gasteiger charge is -2.39. The number of carbonyl (C=O) groups is 1. The number of phenolic OH excluding ortho intramolecular Hbond substituents is 1. The first-order valence-electron chi connectivity index (χ1n) is 9.02. The standard InChI is InChI=1S/C18H23Cl2N3O3/c19-14-1-2-15(24)17(18(14)20)11-5-13-8-22(9-16(25)23(13)6-11)7-12-10-26-4-3-21-12/h1-2,11-13,21,24H,3-10H2/t11-,12-,13-/m0/s1. The first-order valence-corrected chi connectivity index (χ1v) is 9.78. The Morgan fingerprint density at radius 2 is 2.15 bits per heavy atom. The zero-order valence-electron chi connectivity index (χ0n) is 14.5. The average molecular weight is 400 g/mol. The van der Waals surface area contributed by atoms with Crippen molar-refractivity contribution >= 4 is 29.1 Å². The summed E-state index contributed by atoms with van der Waals surface area (Å²) in [5, 5.41) is 14.5. The van der Waals surface area contributed by atoms with Crippen LogP contribution in [-0.2, 0) is 9.53 Å². The van der Waals surface area contributed by atoms with Gasteiger partial charge in [-0.25, -0.2) is 0 Å². The number of halogens is 2. The van der Waals surface area contributed by atoms with Crippen LogP contribution in [-0.4, -0.2) is 78.8 Å². The van der Waals surface area contributed by atoms with E-state index in [-0.39, 0.29) is 29.7 Å². The summed E-state index contributed by atoms with van der Waals surface area (Å²) in [6.07, 6.45) is 0.782. The van der Waals surface area contributed by atoms with E-state index in [4.69, 9.17) is 27.9 Å². The molecule has 26 heavy (non-hydrogen) atoms. The van der Waals surface area contributed by atoms with Crippen molar-refractivity contribution in [2.75, 3.05) is 45.9 Å². The Morgan fingerprint density at radius 3 is 2.92 bits per heavy atom. The molecule has 3 heterocycles. The number of nitrogens with zero attached hydrogens (tertiary/aromatic N) is 2. The Labute approximate surface area is 163 Å². The average Bonchev–Trinajstić information content (AvgIpc) is 3.04. The summed E-state index contributed by atoms with van der Waals surface area (Å²) in [6.45, 7) is 4.94. The molecule has 0 aromatic heterocycles. The van der Waals surface area contributed by atoms with Gasteiger partial charge in [0.25, 0.3) is 0 Å². The van der Waals surface area contributed by atoms with Gasteiger partial charge in [0.2, 0.25) is 5.91 Å². The first-order chi connectivity index (χ1) is 12.5. The topological polar surface area (TPSA) is 65.0 Å². The number of ether oxygens (including phenoxy) is 1. The van der Waals surface area contributed by atoms with E-state index >= 15 is 0 Å². The number of benzene rings is 1. The molecule has 4 rings (SSSR count). The molecule has 0 spiro atoms. The summed E-state index contributed by atoms with van der Waals surface area (Å²) in [7, 11) is 0. The minimum atomic E-state index is 0.00578. The van der Waals surface area contributed by atoms with Crippen molar-refractivity contribution in [3.05, 3.63) is 27.7 Å². The Hall–Kier alpha value is -1.05. The molecule has 2 N–H and O–H groups in total. The summed E-state index contributed by atoms with van der Waals surface area (Å²) in [4.78, 5) is 16.8. The first kappa shape index (κ1) is 18.3. The van der Waals surface area contributed by atoms with Crippen LogP contribution in [0.5, 0.6) is 5.75 Å². The highest BCUT2D eigenvalue weighted by Crippen LogP contribution is 2.43. The molecule has 6 nitrogen and oxygen atoms in total. The molecule has 0 aliphatic carbocycles. The van der Waals surface area contributed by atoms with E-state index in [1.54, 1.807) is 12.1 Å². The van der Waals surface area contributed by atoms with Crippen LogP contribution in [0.2, 0.25) is 10.0 Å². The zero-order chi connectivity index (χ0) is 18.3. The molecule has 1 aromatic rings. The molecular formula is C18H23Cl2N3O3. The highest BCUT2D eigenvalue weighted by molar-refractivity contribution is 6.42. The fraction of sp³-hybridized carbons (Fsp3) is 0.611. The number of hydrogen-bond donors (Lipinski definition) is 2. The minimum absolute atomic E-state index is 0.00578. The van der Waals surface area contributed by atoms with Gasteiger partial charge in [0.15, 0.2) is 0 Å². The number of phenols is 1. The minimum Gasteiger partial charge on any atom is -0.508 e. The van der Waals surface area contributed by atoms with Crippen LogP contribution >= 0.6 is 23.2 Å². The van der Waals surface area contributed by atoms with E-state index in [9.17, 15) is 9.90 Å². The molecule has 8 heteroatoms. The number of nitrogens with one attached hydrogen (secondary N) is 1. The van der Waals surface area contributed by atoms with Crippen LogP contribution in [0, 0.1) is 0 Å². The number of fused-ring (bicyclic) bond motifs is 1. The number of amides is 1. The lowest BCUT2D eigenvalue weighted by atomic mass is 9.95. The fourth-order valence-electron chi connectivity index (χ4n) is 4.38. The summed E-state index contributed by atoms with van der Waals surface area (Å²) >= 11 is 12.5. The van der Waals surface area contributed by atoms with Crippen molar-refractivity contribution in [3.8, 4) is 5.75 Å². The van der Waals surface area contributed by atoms with Crippen LogP contribution in [0.3, 0.4) is 0 Å². The molecular weight excluding hydrogens is 377 g/mol. The molecule has 1 amide bonds. The molecule has 0 unspecified atom stereocenters. The maximum atomic E-state index is 12.7. The summed E-state index contributed by atoms with van der Waals surface area (Å²) in [6, 6.07) is 3.58. The van der Waals surface area contributed by atoms with E-state index in [2.05, 4.69) is 10.2 Å². The second-order valence-corrected chi connectivity index (χ2v) is 8.13. The van der Waals surface area contributed by atoms with Crippen LogP contribution in [0.4, 0.5) is 0 Å². The molecule has 0 radical (unpaired) electrons. The molecule has 0 bridgehead atoms. The van der Waals surface area contributed by atoms with Crippen LogP contribution in [0.1, 0.15) is 17.9 Å². The molecule has 3 fully saturated rings. The van der Waals surface area contributed by atoms with Gasteiger partial charge in [-0.2, -0.15) is 0 Å². The predicted molar refractivity (Wildman–Crippen MR) is 100 cm³/mol. The maximum absolute atomic E-state index is 12.7. The second kappa shape index (κ2) is 7.52. The number of carbonyl (C=O) groups excluding carboxylic acids is 1. The highest BCUT2D eigenvalue weighted by atomic mass is 35.5. The third-order valence-corrected chi connectivity index (χ3v) is 6.38. The molecule has 3 atom stereocenters. The van der Waals surface area contributed by atoms with Crippen molar-refractivity contribution in [1.82, 2.24) is 15.1 Å². The fourth-order valence-corrected chi connectivity index (χ4v) is 4.86. The second-order valence-electron chi connectivity index (χ2n) is 7.35.